The molecule has 0 aliphatic carbocycles. The van der Waals surface area contributed by atoms with Gasteiger partial charge in [0.2, 0.25) is 0 Å². The van der Waals surface area contributed by atoms with Gasteiger partial charge in [0.15, 0.2) is 5.78 Å². The van der Waals surface area contributed by atoms with Crippen molar-refractivity contribution in [1.82, 2.24) is 9.97 Å². The summed E-state index contributed by atoms with van der Waals surface area (Å²) in [5.41, 5.74) is 3.90. The van der Waals surface area contributed by atoms with E-state index < -0.39 is 0 Å². The smallest absolute Gasteiger partial charge is 0.164 e. The SMILES string of the molecule is CCC(C)(CC)C(=O)/C=C(\O)C(C)(CC)CC.Cc1cc2ccc3c4ncnc(-c5[c-]c6ccsc6c(C(C)(C)C)c5)c4sc3c2s1.[Ir]. The van der Waals surface area contributed by atoms with Crippen LogP contribution in [0.3, 0.4) is 0 Å². The number of fused-ring (bicyclic) bond motifs is 6. The minimum atomic E-state index is -0.337. The van der Waals surface area contributed by atoms with Crippen molar-refractivity contribution in [2.45, 2.75) is 100 Å². The molecule has 0 aliphatic rings. The summed E-state index contributed by atoms with van der Waals surface area (Å²) in [6.07, 6.45) is 6.46. The number of nitrogens with zero attached hydrogens (tertiary/aromatic N) is 2. The van der Waals surface area contributed by atoms with Crippen LogP contribution in [0.15, 0.2) is 53.9 Å². The van der Waals surface area contributed by atoms with Gasteiger partial charge in [-0.2, -0.15) is 11.3 Å². The molecule has 6 rings (SSSR count). The normalized spacial score (nSPS) is 12.8. The molecule has 1 radical (unpaired) electrons. The molecule has 2 aromatic carbocycles. The summed E-state index contributed by atoms with van der Waals surface area (Å²) in [5.74, 6) is 0.286. The molecule has 0 fully saturated rings. The number of aliphatic hydroxyl groups is 1. The van der Waals surface area contributed by atoms with Crippen molar-refractivity contribution in [3.8, 4) is 11.3 Å². The first-order valence-corrected chi connectivity index (χ1v) is 19.2. The first-order valence-electron chi connectivity index (χ1n) is 16.7. The Hall–Kier alpha value is -2.48. The zero-order valence-corrected chi connectivity index (χ0v) is 34.6. The Morgan fingerprint density at radius 1 is 0.854 bits per heavy atom. The van der Waals surface area contributed by atoms with Crippen molar-refractivity contribution in [3.05, 3.63) is 70.4 Å². The number of hydrogen-bond donors (Lipinski definition) is 1. The summed E-state index contributed by atoms with van der Waals surface area (Å²) >= 11 is 5.47. The van der Waals surface area contributed by atoms with Gasteiger partial charge in [0, 0.05) is 57.7 Å². The minimum absolute atomic E-state index is 0. The maximum Gasteiger partial charge on any atom is 0.164 e. The van der Waals surface area contributed by atoms with E-state index in [1.54, 1.807) is 17.7 Å². The maximum absolute atomic E-state index is 12.2. The molecule has 0 saturated heterocycles. The van der Waals surface area contributed by atoms with E-state index in [9.17, 15) is 9.90 Å². The molecule has 6 aromatic rings. The van der Waals surface area contributed by atoms with Crippen LogP contribution in [0.4, 0.5) is 0 Å². The molecule has 48 heavy (non-hydrogen) atoms. The first kappa shape index (κ1) is 38.3. The summed E-state index contributed by atoms with van der Waals surface area (Å²) in [4.78, 5) is 23.0. The second-order valence-corrected chi connectivity index (χ2v) is 17.4. The molecule has 0 spiro atoms. The van der Waals surface area contributed by atoms with Crippen molar-refractivity contribution in [1.29, 1.82) is 0 Å². The fraction of sp³-hybridized carbons (Fsp3) is 0.425. The van der Waals surface area contributed by atoms with E-state index in [4.69, 9.17) is 4.98 Å². The molecule has 0 saturated carbocycles. The number of rotatable bonds is 8. The summed E-state index contributed by atoms with van der Waals surface area (Å²) < 4.78 is 5.14. The summed E-state index contributed by atoms with van der Waals surface area (Å²) in [5, 5.41) is 16.0. The van der Waals surface area contributed by atoms with Gasteiger partial charge in [-0.15, -0.1) is 46.3 Å². The van der Waals surface area contributed by atoms with Crippen LogP contribution in [-0.2, 0) is 30.3 Å². The van der Waals surface area contributed by atoms with Gasteiger partial charge in [-0.1, -0.05) is 85.6 Å². The molecule has 4 nitrogen and oxygen atoms in total. The number of carbonyl (C=O) groups excluding carboxylic acids is 1. The van der Waals surface area contributed by atoms with E-state index in [1.807, 2.05) is 64.2 Å². The van der Waals surface area contributed by atoms with E-state index >= 15 is 0 Å². The third kappa shape index (κ3) is 7.20. The molecule has 0 unspecified atom stereocenters. The van der Waals surface area contributed by atoms with Gasteiger partial charge in [0.05, 0.1) is 14.9 Å². The number of hydrogen-bond acceptors (Lipinski definition) is 7. The molecule has 4 heterocycles. The third-order valence-corrected chi connectivity index (χ3v) is 13.5. The fourth-order valence-electron chi connectivity index (χ4n) is 5.83. The number of benzene rings is 2. The quantitative estimate of drug-likeness (QED) is 0.0940. The Kier molecular flexibility index (Phi) is 11.8. The van der Waals surface area contributed by atoms with E-state index in [0.717, 1.165) is 47.2 Å². The Balaban J connectivity index is 0.000000251. The number of aryl methyl sites for hydroxylation is 1. The molecule has 1 N–H and O–H groups in total. The number of allylic oxidation sites excluding steroid dienone is 2. The predicted octanol–water partition coefficient (Wildman–Crippen LogP) is 13.0. The standard InChI is InChI=1S/C25H19N2S3.C15H28O2.Ir/c1-13-9-14-5-6-17-20-24(30-23(17)22(14)29-13)19(26-12-27-20)16-10-15-7-8-28-21(15)18(11-16)25(2,3)4;1-7-14(5,8-2)12(16)11-13(17)15(6,9-3)10-4;/h5-9,11-12H,1-4H3;11,16H,7-10H2,1-6H3;/q-1;;/b;12-11-;. The third-order valence-electron chi connectivity index (χ3n) is 10.2. The first-order chi connectivity index (χ1) is 22.2. The van der Waals surface area contributed by atoms with Crippen LogP contribution in [0.2, 0.25) is 0 Å². The van der Waals surface area contributed by atoms with E-state index in [0.29, 0.717) is 0 Å². The Morgan fingerprint density at radius 3 is 2.15 bits per heavy atom. The van der Waals surface area contributed by atoms with E-state index in [-0.39, 0.29) is 47.9 Å². The molecule has 257 valence electrons. The summed E-state index contributed by atoms with van der Waals surface area (Å²) in [7, 11) is 0. The summed E-state index contributed by atoms with van der Waals surface area (Å²) in [6, 6.07) is 14.8. The van der Waals surface area contributed by atoms with Gasteiger partial charge in [-0.05, 0) is 59.6 Å². The van der Waals surface area contributed by atoms with Crippen LogP contribution in [0.5, 0.6) is 0 Å². The molecule has 0 amide bonds. The monoisotopic (exact) mass is 876 g/mol. The fourth-order valence-corrected chi connectivity index (χ4v) is 9.32. The molecule has 0 atom stereocenters. The number of aromatic nitrogens is 2. The zero-order chi connectivity index (χ0) is 34.3. The molecule has 0 aliphatic heterocycles. The van der Waals surface area contributed by atoms with E-state index in [2.05, 4.69) is 74.5 Å². The average molecular weight is 876 g/mol. The molecular weight excluding hydrogens is 829 g/mol. The van der Waals surface area contributed by atoms with Crippen LogP contribution < -0.4 is 0 Å². The number of ketones is 1. The van der Waals surface area contributed by atoms with E-state index in [1.165, 1.54) is 46.8 Å². The largest absolute Gasteiger partial charge is 0.512 e. The Bertz CT molecular complexity index is 2100. The topological polar surface area (TPSA) is 63.1 Å². The number of carbonyl (C=O) groups is 1. The van der Waals surface area contributed by atoms with Crippen LogP contribution in [0.1, 0.15) is 98.4 Å². The second-order valence-electron chi connectivity index (χ2n) is 14.2. The second kappa shape index (κ2) is 14.8. The van der Waals surface area contributed by atoms with Crippen molar-refractivity contribution in [2.24, 2.45) is 10.8 Å². The predicted molar refractivity (Wildman–Crippen MR) is 206 cm³/mol. The van der Waals surface area contributed by atoms with Crippen molar-refractivity contribution in [2.75, 3.05) is 0 Å². The molecule has 4 aromatic heterocycles. The number of aliphatic hydroxyl groups excluding tert-OH is 1. The maximum atomic E-state index is 12.2. The van der Waals surface area contributed by atoms with Crippen molar-refractivity contribution in [3.63, 3.8) is 0 Å². The van der Waals surface area contributed by atoms with Gasteiger partial charge < -0.3 is 5.11 Å². The van der Waals surface area contributed by atoms with Crippen molar-refractivity contribution >= 4 is 80.3 Å². The van der Waals surface area contributed by atoms with Gasteiger partial charge >= 0.3 is 0 Å². The molecule has 8 heteroatoms. The number of thiophene rings is 3. The van der Waals surface area contributed by atoms with Crippen LogP contribution in [0.25, 0.3) is 51.7 Å². The minimum Gasteiger partial charge on any atom is -0.512 e. The van der Waals surface area contributed by atoms with Crippen LogP contribution in [0, 0.1) is 23.8 Å². The van der Waals surface area contributed by atoms with Gasteiger partial charge in [-0.25, -0.2) is 4.98 Å². The van der Waals surface area contributed by atoms with Crippen LogP contribution in [-0.4, -0.2) is 20.9 Å². The molecule has 0 bridgehead atoms. The zero-order valence-electron chi connectivity index (χ0n) is 29.8. The Labute approximate surface area is 311 Å². The summed E-state index contributed by atoms with van der Waals surface area (Å²) in [6.45, 7) is 21.1. The van der Waals surface area contributed by atoms with Gasteiger partial charge in [-0.3, -0.25) is 9.78 Å². The van der Waals surface area contributed by atoms with Crippen molar-refractivity contribution < 1.29 is 30.0 Å². The van der Waals surface area contributed by atoms with Gasteiger partial charge in [0.25, 0.3) is 0 Å². The van der Waals surface area contributed by atoms with Crippen LogP contribution >= 0.6 is 34.0 Å². The molecular formula is C40H47IrN2O2S3-. The van der Waals surface area contributed by atoms with Gasteiger partial charge in [0.1, 0.15) is 12.1 Å². The average Bonchev–Trinajstić information content (AvgIpc) is 3.79. The Morgan fingerprint density at radius 2 is 1.52 bits per heavy atom.